The fourth-order valence-corrected chi connectivity index (χ4v) is 2.00. The summed E-state index contributed by atoms with van der Waals surface area (Å²) in [6.07, 6.45) is 4.50. The summed E-state index contributed by atoms with van der Waals surface area (Å²) in [6.45, 7) is 7.07. The summed E-state index contributed by atoms with van der Waals surface area (Å²) in [5, 5.41) is 15.2. The molecule has 0 unspecified atom stereocenters. The number of nitrogens with zero attached hydrogens (tertiary/aromatic N) is 4. The van der Waals surface area contributed by atoms with E-state index in [0.717, 1.165) is 31.9 Å². The van der Waals surface area contributed by atoms with E-state index in [2.05, 4.69) is 40.9 Å². The van der Waals surface area contributed by atoms with Crippen LogP contribution in [0.1, 0.15) is 32.5 Å². The van der Waals surface area contributed by atoms with Gasteiger partial charge in [-0.15, -0.1) is 5.10 Å². The smallest absolute Gasteiger partial charge is 0.165 e. The first-order valence-electron chi connectivity index (χ1n) is 6.18. The lowest BCUT2D eigenvalue weighted by atomic mass is 10.2. The maximum absolute atomic E-state index is 4.05. The topological polar surface area (TPSA) is 55.6 Å². The van der Waals surface area contributed by atoms with E-state index < -0.39 is 0 Å². The van der Waals surface area contributed by atoms with Gasteiger partial charge in [0.1, 0.15) is 0 Å². The Morgan fingerprint density at radius 3 is 2.88 bits per heavy atom. The molecule has 0 fully saturated rings. The van der Waals surface area contributed by atoms with E-state index >= 15 is 0 Å². The third kappa shape index (κ3) is 6.02. The second-order valence-corrected chi connectivity index (χ2v) is 5.53. The molecule has 0 aromatic carbocycles. The van der Waals surface area contributed by atoms with Crippen LogP contribution in [0.3, 0.4) is 0 Å². The third-order valence-electron chi connectivity index (χ3n) is 2.41. The molecule has 0 aliphatic rings. The summed E-state index contributed by atoms with van der Waals surface area (Å²) >= 11 is 1.89. The van der Waals surface area contributed by atoms with Crippen LogP contribution in [-0.2, 0) is 13.1 Å². The maximum Gasteiger partial charge on any atom is 0.165 e. The van der Waals surface area contributed by atoms with Crippen molar-refractivity contribution in [2.45, 2.75) is 39.8 Å². The van der Waals surface area contributed by atoms with Crippen LogP contribution in [0.25, 0.3) is 0 Å². The predicted molar refractivity (Wildman–Crippen MR) is 72.0 cm³/mol. The Morgan fingerprint density at radius 2 is 2.18 bits per heavy atom. The van der Waals surface area contributed by atoms with Crippen molar-refractivity contribution in [3.05, 3.63) is 5.82 Å². The Bertz CT molecular complexity index is 300. The number of aryl methyl sites for hydroxylation is 1. The molecule has 17 heavy (non-hydrogen) atoms. The lowest BCUT2D eigenvalue weighted by Crippen LogP contribution is -2.21. The molecule has 0 bridgehead atoms. The Balaban J connectivity index is 2.27. The lowest BCUT2D eigenvalue weighted by molar-refractivity contribution is 0.497. The molecule has 0 spiro atoms. The van der Waals surface area contributed by atoms with Crippen molar-refractivity contribution in [2.24, 2.45) is 5.92 Å². The minimum atomic E-state index is 0.654. The zero-order valence-corrected chi connectivity index (χ0v) is 11.8. The molecule has 1 aromatic rings. The van der Waals surface area contributed by atoms with Crippen LogP contribution in [0.2, 0.25) is 0 Å². The molecule has 5 nitrogen and oxygen atoms in total. The van der Waals surface area contributed by atoms with Crippen molar-refractivity contribution in [2.75, 3.05) is 18.6 Å². The maximum atomic E-state index is 4.05. The Hall–Kier alpha value is -0.620. The van der Waals surface area contributed by atoms with Crippen molar-refractivity contribution < 1.29 is 0 Å². The first kappa shape index (κ1) is 14.4. The predicted octanol–water partition coefficient (Wildman–Crippen LogP) is 1.56. The minimum Gasteiger partial charge on any atom is -0.310 e. The normalized spacial score (nSPS) is 11.3. The molecule has 0 amide bonds. The third-order valence-corrected chi connectivity index (χ3v) is 3.11. The molecule has 0 aliphatic heterocycles. The number of unbranched alkanes of at least 4 members (excludes halogenated alkanes) is 1. The monoisotopic (exact) mass is 257 g/mol. The van der Waals surface area contributed by atoms with Gasteiger partial charge in [-0.2, -0.15) is 11.8 Å². The second kappa shape index (κ2) is 8.47. The number of aromatic nitrogens is 4. The first-order valence-corrected chi connectivity index (χ1v) is 7.58. The summed E-state index contributed by atoms with van der Waals surface area (Å²) in [5.74, 6) is 2.80. The Kier molecular flexibility index (Phi) is 7.19. The van der Waals surface area contributed by atoms with E-state index in [1.165, 1.54) is 12.2 Å². The highest BCUT2D eigenvalue weighted by Crippen LogP contribution is 2.02. The van der Waals surface area contributed by atoms with Crippen molar-refractivity contribution in [1.82, 2.24) is 25.5 Å². The van der Waals surface area contributed by atoms with E-state index in [4.69, 9.17) is 0 Å². The van der Waals surface area contributed by atoms with Crippen LogP contribution in [0.5, 0.6) is 0 Å². The lowest BCUT2D eigenvalue weighted by Gasteiger charge is -2.07. The Morgan fingerprint density at radius 1 is 1.35 bits per heavy atom. The molecule has 1 rings (SSSR count). The van der Waals surface area contributed by atoms with Gasteiger partial charge in [-0.1, -0.05) is 13.8 Å². The molecular formula is C11H23N5S. The number of rotatable bonds is 9. The molecule has 0 saturated carbocycles. The van der Waals surface area contributed by atoms with Gasteiger partial charge in [0, 0.05) is 6.54 Å². The van der Waals surface area contributed by atoms with E-state index in [1.54, 1.807) is 0 Å². The highest BCUT2D eigenvalue weighted by molar-refractivity contribution is 7.98. The van der Waals surface area contributed by atoms with Gasteiger partial charge >= 0.3 is 0 Å². The zero-order chi connectivity index (χ0) is 12.5. The molecule has 0 radical (unpaired) electrons. The highest BCUT2D eigenvalue weighted by Gasteiger charge is 2.05. The molecule has 0 saturated heterocycles. The Labute approximate surface area is 108 Å². The second-order valence-electron chi connectivity index (χ2n) is 4.54. The molecule has 1 aromatic heterocycles. The van der Waals surface area contributed by atoms with Gasteiger partial charge in [0.2, 0.25) is 0 Å². The van der Waals surface area contributed by atoms with Crippen molar-refractivity contribution >= 4 is 11.8 Å². The van der Waals surface area contributed by atoms with Crippen LogP contribution >= 0.6 is 11.8 Å². The summed E-state index contributed by atoms with van der Waals surface area (Å²) in [7, 11) is 0. The highest BCUT2D eigenvalue weighted by atomic mass is 32.2. The van der Waals surface area contributed by atoms with Gasteiger partial charge in [0.05, 0.1) is 6.54 Å². The standard InChI is InChI=1S/C11H23N5S/c1-10(2)8-12-9-11-13-14-15-16(11)6-4-5-7-17-3/h10,12H,4-9H2,1-3H3. The average Bonchev–Trinajstić information content (AvgIpc) is 2.72. The molecule has 98 valence electrons. The number of hydrogen-bond donors (Lipinski definition) is 1. The van der Waals surface area contributed by atoms with Crippen LogP contribution in [0, 0.1) is 5.92 Å². The fraction of sp³-hybridized carbons (Fsp3) is 0.909. The summed E-state index contributed by atoms with van der Waals surface area (Å²) in [4.78, 5) is 0. The number of nitrogens with one attached hydrogen (secondary N) is 1. The van der Waals surface area contributed by atoms with Crippen LogP contribution in [-0.4, -0.2) is 38.8 Å². The van der Waals surface area contributed by atoms with Crippen LogP contribution < -0.4 is 5.32 Å². The average molecular weight is 257 g/mol. The molecule has 1 N–H and O–H groups in total. The van der Waals surface area contributed by atoms with E-state index in [-0.39, 0.29) is 0 Å². The van der Waals surface area contributed by atoms with E-state index in [0.29, 0.717) is 5.92 Å². The molecular weight excluding hydrogens is 234 g/mol. The fourth-order valence-electron chi connectivity index (χ4n) is 1.50. The van der Waals surface area contributed by atoms with Crippen LogP contribution in [0.15, 0.2) is 0 Å². The summed E-state index contributed by atoms with van der Waals surface area (Å²) < 4.78 is 1.91. The number of hydrogen-bond acceptors (Lipinski definition) is 5. The van der Waals surface area contributed by atoms with Crippen molar-refractivity contribution in [3.63, 3.8) is 0 Å². The van der Waals surface area contributed by atoms with Gasteiger partial charge in [-0.05, 0) is 47.7 Å². The first-order chi connectivity index (χ1) is 8.24. The van der Waals surface area contributed by atoms with Gasteiger partial charge in [0.25, 0.3) is 0 Å². The molecule has 1 heterocycles. The van der Waals surface area contributed by atoms with Crippen LogP contribution in [0.4, 0.5) is 0 Å². The van der Waals surface area contributed by atoms with Gasteiger partial charge in [0.15, 0.2) is 5.82 Å². The zero-order valence-electron chi connectivity index (χ0n) is 11.0. The summed E-state index contributed by atoms with van der Waals surface area (Å²) in [6, 6.07) is 0. The van der Waals surface area contributed by atoms with E-state index in [1.807, 2.05) is 16.4 Å². The molecule has 0 atom stereocenters. The quantitative estimate of drug-likeness (QED) is 0.680. The summed E-state index contributed by atoms with van der Waals surface area (Å²) in [5.41, 5.74) is 0. The SMILES string of the molecule is CSCCCCn1nnnc1CNCC(C)C. The van der Waals surface area contributed by atoms with Crippen molar-refractivity contribution in [1.29, 1.82) is 0 Å². The largest absolute Gasteiger partial charge is 0.310 e. The van der Waals surface area contributed by atoms with Gasteiger partial charge < -0.3 is 5.32 Å². The minimum absolute atomic E-state index is 0.654. The van der Waals surface area contributed by atoms with Gasteiger partial charge in [-0.3, -0.25) is 0 Å². The number of thioether (sulfide) groups is 1. The molecule has 0 aliphatic carbocycles. The molecule has 6 heteroatoms. The van der Waals surface area contributed by atoms with Crippen molar-refractivity contribution in [3.8, 4) is 0 Å². The number of tetrazole rings is 1. The van der Waals surface area contributed by atoms with Gasteiger partial charge in [-0.25, -0.2) is 4.68 Å². The van der Waals surface area contributed by atoms with E-state index in [9.17, 15) is 0 Å².